The molecule has 0 aromatic rings. The Morgan fingerprint density at radius 3 is 1.07 bits per heavy atom. The van der Waals surface area contributed by atoms with Gasteiger partial charge in [-0.2, -0.15) is 0 Å². The molecule has 76 heavy (non-hydrogen) atoms. The fourth-order valence-electron chi connectivity index (χ4n) is 5.44. The molecule has 0 amide bonds. The molecule has 0 saturated heterocycles. The number of unbranched alkanes of at least 4 members (excludes halogenated alkanes) is 1. The molecule has 0 aliphatic heterocycles. The zero-order valence-electron chi connectivity index (χ0n) is 42.2. The number of aliphatic hydroxyl groups is 2. The molecule has 0 aromatic carbocycles. The van der Waals surface area contributed by atoms with Gasteiger partial charge in [0, 0.05) is 32.1 Å². The monoisotopic (exact) mass is 1180 g/mol. The highest BCUT2D eigenvalue weighted by Gasteiger charge is 2.59. The first kappa shape index (κ1) is 75.8. The van der Waals surface area contributed by atoms with Crippen LogP contribution in [0.25, 0.3) is 0 Å². The Kier molecular flexibility index (Phi) is 43.3. The molecule has 0 unspecified atom stereocenters. The van der Waals surface area contributed by atoms with Crippen molar-refractivity contribution in [3.63, 3.8) is 0 Å². The van der Waals surface area contributed by atoms with E-state index < -0.39 is 65.5 Å². The topological polar surface area (TPSA) is 466 Å². The van der Waals surface area contributed by atoms with Crippen molar-refractivity contribution in [1.29, 1.82) is 0 Å². The smallest absolute Gasteiger partial charge is 0.369 e. The van der Waals surface area contributed by atoms with E-state index in [9.17, 15) is 47.7 Å². The van der Waals surface area contributed by atoms with Gasteiger partial charge in [-0.3, -0.25) is 37.4 Å². The summed E-state index contributed by atoms with van der Waals surface area (Å²) in [5, 5.41) is 12.2. The first-order valence-corrected chi connectivity index (χ1v) is 29.9. The Balaban J connectivity index is 0. The fraction of sp³-hybridized carbons (Fsp3) is 0.810. The van der Waals surface area contributed by atoms with Crippen LogP contribution in [0, 0.1) is 24.7 Å². The average Bonchev–Trinajstić information content (AvgIpc) is 3.65. The summed E-state index contributed by atoms with van der Waals surface area (Å²) in [6, 6.07) is 0. The number of hydrogen-bond donors (Lipinski definition) is 11. The Hall–Kier alpha value is -2.32. The van der Waals surface area contributed by atoms with Crippen LogP contribution < -0.4 is 5.73 Å². The maximum absolute atomic E-state index is 11.8. The van der Waals surface area contributed by atoms with E-state index in [4.69, 9.17) is 110 Å². The van der Waals surface area contributed by atoms with E-state index in [1.54, 1.807) is 0 Å². The molecule has 1 saturated carbocycles. The molecule has 1 fully saturated rings. The zero-order chi connectivity index (χ0) is 58.0. The molecule has 0 radical (unpaired) electrons. The van der Waals surface area contributed by atoms with E-state index in [0.717, 1.165) is 0 Å². The highest BCUT2D eigenvalue weighted by Crippen LogP contribution is 2.70. The quantitative estimate of drug-likeness (QED) is 0.0113. The third kappa shape index (κ3) is 36.0. The number of nitrogens with two attached hydrogens (primary N) is 1. The Morgan fingerprint density at radius 2 is 0.763 bits per heavy atom. The first-order chi connectivity index (χ1) is 35.7. The number of ketones is 3. The number of hydrogen-bond acceptors (Lipinski definition) is 22. The van der Waals surface area contributed by atoms with E-state index >= 15 is 0 Å². The molecule has 0 atom stereocenters. The predicted octanol–water partition coefficient (Wildman–Crippen LogP) is -1.11. The van der Waals surface area contributed by atoms with Gasteiger partial charge in [-0.15, -0.1) is 12.8 Å². The lowest BCUT2D eigenvalue weighted by atomic mass is 10.1. The molecule has 1 aliphatic rings. The van der Waals surface area contributed by atoms with Crippen LogP contribution in [0.15, 0.2) is 0 Å². The lowest BCUT2D eigenvalue weighted by Gasteiger charge is -2.29. The van der Waals surface area contributed by atoms with Crippen molar-refractivity contribution in [2.24, 2.45) is 5.73 Å². The number of carbonyl (C=O) groups is 4. The highest BCUT2D eigenvalue weighted by molar-refractivity contribution is 7.72. The second-order valence-corrected chi connectivity index (χ2v) is 23.6. The molecule has 30 nitrogen and oxygen atoms in total. The molecule has 12 N–H and O–H groups in total. The van der Waals surface area contributed by atoms with Crippen molar-refractivity contribution >= 4 is 53.7 Å². The summed E-state index contributed by atoms with van der Waals surface area (Å²) in [5.74, 6) is 3.24. The SMILES string of the molecule is C#CCOCCOCCOCCOCCOCCC(=O)CCCCC(O)(P(=O)(O)O)P(=O)(O)O.C#CCOCCOCCOCCOCCOCCC(=O)OC1C(=O)CCC1=O.NCCCC(O)(P(=O)(O)O)P(=O)(O)O. The molecular weight excluding hydrogens is 1110 g/mol. The van der Waals surface area contributed by atoms with E-state index in [1.807, 2.05) is 0 Å². The Labute approximate surface area is 441 Å². The maximum Gasteiger partial charge on any atom is 0.369 e. The van der Waals surface area contributed by atoms with Gasteiger partial charge in [0.05, 0.1) is 125 Å². The van der Waals surface area contributed by atoms with Crippen LogP contribution in [0.4, 0.5) is 0 Å². The molecule has 1 rings (SSSR count). The number of Topliss-reactive ketones (excluding diaryl/α,β-unsaturated/α-hetero) is 3. The summed E-state index contributed by atoms with van der Waals surface area (Å²) in [7, 11) is -21.5. The lowest BCUT2D eigenvalue weighted by Crippen LogP contribution is -2.29. The fourth-order valence-corrected chi connectivity index (χ4v) is 9.96. The summed E-state index contributed by atoms with van der Waals surface area (Å²) in [5.41, 5.74) is 5.01. The normalized spacial score (nSPS) is 13.6. The number of rotatable bonds is 45. The van der Waals surface area contributed by atoms with Crippen LogP contribution in [0.1, 0.15) is 64.2 Å². The van der Waals surface area contributed by atoms with Gasteiger partial charge in [0.15, 0.2) is 11.6 Å². The molecule has 34 heteroatoms. The molecular formula is C42H77NO29P4. The second-order valence-electron chi connectivity index (χ2n) is 15.6. The molecule has 0 spiro atoms. The van der Waals surface area contributed by atoms with E-state index in [-0.39, 0.29) is 108 Å². The van der Waals surface area contributed by atoms with Gasteiger partial charge < -0.3 is 107 Å². The minimum absolute atomic E-state index is 0.0199. The molecule has 0 heterocycles. The van der Waals surface area contributed by atoms with Gasteiger partial charge in [0.2, 0.25) is 6.10 Å². The number of ether oxygens (including phenoxy) is 11. The van der Waals surface area contributed by atoms with Crippen LogP contribution in [-0.4, -0.2) is 228 Å². The van der Waals surface area contributed by atoms with Crippen molar-refractivity contribution < 1.29 is 139 Å². The van der Waals surface area contributed by atoms with Gasteiger partial charge >= 0.3 is 36.4 Å². The number of esters is 1. The molecule has 0 aromatic heterocycles. The zero-order valence-corrected chi connectivity index (χ0v) is 45.8. The molecule has 444 valence electrons. The highest BCUT2D eigenvalue weighted by atomic mass is 31.2. The second kappa shape index (κ2) is 43.5. The van der Waals surface area contributed by atoms with Crippen molar-refractivity contribution in [3.05, 3.63) is 0 Å². The molecule has 1 aliphatic carbocycles. The van der Waals surface area contributed by atoms with Crippen molar-refractivity contribution in [2.45, 2.75) is 80.5 Å². The Morgan fingerprint density at radius 1 is 0.474 bits per heavy atom. The van der Waals surface area contributed by atoms with Gasteiger partial charge in [0.1, 0.15) is 19.0 Å². The van der Waals surface area contributed by atoms with Crippen molar-refractivity contribution in [2.75, 3.05) is 139 Å². The van der Waals surface area contributed by atoms with Crippen LogP contribution in [0.2, 0.25) is 0 Å². The van der Waals surface area contributed by atoms with Gasteiger partial charge in [-0.25, -0.2) is 0 Å². The minimum Gasteiger partial charge on any atom is -0.446 e. The summed E-state index contributed by atoms with van der Waals surface area (Å²) in [6.45, 7) is 7.32. The number of carbonyl (C=O) groups excluding carboxylic acids is 4. The van der Waals surface area contributed by atoms with Crippen LogP contribution in [0.5, 0.6) is 0 Å². The van der Waals surface area contributed by atoms with Gasteiger partial charge in [0.25, 0.3) is 10.2 Å². The lowest BCUT2D eigenvalue weighted by molar-refractivity contribution is -0.158. The van der Waals surface area contributed by atoms with Gasteiger partial charge in [-0.05, 0) is 32.2 Å². The Bertz CT molecular complexity index is 1830. The summed E-state index contributed by atoms with van der Waals surface area (Å²) < 4.78 is 101. The van der Waals surface area contributed by atoms with E-state index in [2.05, 4.69) is 11.8 Å². The van der Waals surface area contributed by atoms with E-state index in [1.165, 1.54) is 0 Å². The largest absolute Gasteiger partial charge is 0.446 e. The first-order valence-electron chi connectivity index (χ1n) is 23.4. The minimum atomic E-state index is -5.47. The summed E-state index contributed by atoms with van der Waals surface area (Å²) >= 11 is 0. The standard InChI is InChI=1S/C19H36O13P2.C19H28O9.C4H13NO7P2/c1-2-8-28-10-12-30-14-16-32-17-15-31-13-11-29-9-6-18(20)5-3-4-7-19(21,33(22,23)24)34(25,26)27;1-2-6-23-8-10-25-12-14-27-15-13-26-11-9-24-7-5-18(22)28-19-16(20)3-4-17(19)21;5-3-1-2-4(6,13(7,8)9)14(10,11)12/h1,21H,3-17H2,(H2,22,23,24)(H2,25,26,27);1,19H,3-15H2;6H,1-3,5H2,(H2,7,8,9)(H2,10,11,12). The third-order valence-electron chi connectivity index (χ3n) is 9.57. The van der Waals surface area contributed by atoms with Crippen molar-refractivity contribution in [3.8, 4) is 24.7 Å². The average molecular weight is 1180 g/mol. The van der Waals surface area contributed by atoms with Crippen molar-refractivity contribution in [1.82, 2.24) is 0 Å². The van der Waals surface area contributed by atoms with Crippen LogP contribution in [0.3, 0.4) is 0 Å². The molecule has 0 bridgehead atoms. The van der Waals surface area contributed by atoms with Crippen LogP contribution >= 0.6 is 30.4 Å². The van der Waals surface area contributed by atoms with E-state index in [0.29, 0.717) is 99.1 Å². The maximum atomic E-state index is 11.8. The number of terminal acetylenes is 2. The predicted molar refractivity (Wildman–Crippen MR) is 264 cm³/mol. The van der Waals surface area contributed by atoms with Gasteiger partial charge in [-0.1, -0.05) is 11.8 Å². The third-order valence-corrected chi connectivity index (χ3v) is 17.3. The summed E-state index contributed by atoms with van der Waals surface area (Å²) in [4.78, 5) is 117. The summed E-state index contributed by atoms with van der Waals surface area (Å²) in [6.07, 6.45) is 7.52. The van der Waals surface area contributed by atoms with Crippen LogP contribution in [-0.2, 0) is 89.5 Å².